The van der Waals surface area contributed by atoms with Crippen molar-refractivity contribution in [1.82, 2.24) is 9.97 Å². The van der Waals surface area contributed by atoms with Crippen molar-refractivity contribution in [3.8, 4) is 5.75 Å². The molecule has 34 heavy (non-hydrogen) atoms. The zero-order chi connectivity index (χ0) is 23.9. The molecule has 8 heteroatoms. The van der Waals surface area contributed by atoms with Gasteiger partial charge in [0.15, 0.2) is 5.78 Å². The van der Waals surface area contributed by atoms with Crippen molar-refractivity contribution < 1.29 is 14.3 Å². The van der Waals surface area contributed by atoms with Gasteiger partial charge in [0.1, 0.15) is 11.6 Å². The molecule has 2 N–H and O–H groups in total. The second-order valence-electron chi connectivity index (χ2n) is 7.96. The van der Waals surface area contributed by atoms with E-state index in [1.165, 1.54) is 6.08 Å². The Morgan fingerprint density at radius 3 is 2.74 bits per heavy atom. The molecule has 1 aliphatic heterocycles. The topological polar surface area (TPSA) is 88.6 Å². The van der Waals surface area contributed by atoms with Crippen LogP contribution < -0.4 is 20.3 Å². The number of ketones is 1. The number of nitrogens with one attached hydrogen (secondary N) is 2. The second-order valence-corrected chi connectivity index (χ2v) is 7.96. The SMILES string of the molecule is C=CC(=O)Cc1ccccc1Nc1nc(Nc2ccc(N3CCOCC3)cc2OC)ncc1C. The molecule has 4 rings (SSSR count). The van der Waals surface area contributed by atoms with Gasteiger partial charge in [-0.3, -0.25) is 4.79 Å². The largest absolute Gasteiger partial charge is 0.494 e. The number of carbonyl (C=O) groups excluding carboxylic acids is 1. The number of ether oxygens (including phenoxy) is 2. The fourth-order valence-corrected chi connectivity index (χ4v) is 3.73. The molecule has 0 amide bonds. The summed E-state index contributed by atoms with van der Waals surface area (Å²) < 4.78 is 11.1. The summed E-state index contributed by atoms with van der Waals surface area (Å²) in [4.78, 5) is 23.3. The van der Waals surface area contributed by atoms with Crippen LogP contribution in [-0.2, 0) is 16.0 Å². The lowest BCUT2D eigenvalue weighted by Gasteiger charge is -2.29. The number of methoxy groups -OCH3 is 1. The van der Waals surface area contributed by atoms with Crippen LogP contribution in [0.4, 0.5) is 28.8 Å². The number of carbonyl (C=O) groups is 1. The first-order valence-corrected chi connectivity index (χ1v) is 11.2. The van der Waals surface area contributed by atoms with Gasteiger partial charge in [-0.15, -0.1) is 0 Å². The van der Waals surface area contributed by atoms with Crippen molar-refractivity contribution in [3.63, 3.8) is 0 Å². The van der Waals surface area contributed by atoms with Crippen molar-refractivity contribution in [2.75, 3.05) is 48.9 Å². The molecule has 1 saturated heterocycles. The standard InChI is InChI=1S/C26H29N5O3/c1-4-21(32)15-19-7-5-6-8-22(19)28-25-18(2)17-27-26(30-25)29-23-10-9-20(16-24(23)33-3)31-11-13-34-14-12-31/h4-10,16-17H,1,11-15H2,2-3H3,(H2,27,28,29,30). The third-order valence-corrected chi connectivity index (χ3v) is 5.64. The van der Waals surface area contributed by atoms with E-state index in [4.69, 9.17) is 9.47 Å². The van der Waals surface area contributed by atoms with Gasteiger partial charge in [0.25, 0.3) is 0 Å². The van der Waals surface area contributed by atoms with Crippen LogP contribution in [0, 0.1) is 6.92 Å². The number of anilines is 5. The number of para-hydroxylation sites is 1. The number of morpholine rings is 1. The predicted octanol–water partition coefficient (Wildman–Crippen LogP) is 4.42. The van der Waals surface area contributed by atoms with Crippen LogP contribution in [0.1, 0.15) is 11.1 Å². The molecule has 2 aromatic carbocycles. The van der Waals surface area contributed by atoms with Crippen LogP contribution >= 0.6 is 0 Å². The lowest BCUT2D eigenvalue weighted by molar-refractivity contribution is -0.114. The summed E-state index contributed by atoms with van der Waals surface area (Å²) in [6.45, 7) is 8.65. The summed E-state index contributed by atoms with van der Waals surface area (Å²) in [5, 5.41) is 6.61. The van der Waals surface area contributed by atoms with Crippen LogP contribution in [0.3, 0.4) is 0 Å². The lowest BCUT2D eigenvalue weighted by Crippen LogP contribution is -2.36. The van der Waals surface area contributed by atoms with E-state index >= 15 is 0 Å². The van der Waals surface area contributed by atoms with Crippen molar-refractivity contribution >= 4 is 34.6 Å². The minimum atomic E-state index is -0.0383. The molecule has 1 aliphatic rings. The molecular formula is C26H29N5O3. The van der Waals surface area contributed by atoms with E-state index in [9.17, 15) is 4.79 Å². The van der Waals surface area contributed by atoms with Crippen molar-refractivity contribution in [2.24, 2.45) is 0 Å². The summed E-state index contributed by atoms with van der Waals surface area (Å²) in [7, 11) is 1.65. The second kappa shape index (κ2) is 10.8. The molecule has 1 fully saturated rings. The van der Waals surface area contributed by atoms with E-state index in [-0.39, 0.29) is 12.2 Å². The van der Waals surface area contributed by atoms with Crippen molar-refractivity contribution in [2.45, 2.75) is 13.3 Å². The Kier molecular flexibility index (Phi) is 7.39. The molecule has 8 nitrogen and oxygen atoms in total. The highest BCUT2D eigenvalue weighted by atomic mass is 16.5. The average molecular weight is 460 g/mol. The Hall–Kier alpha value is -3.91. The first kappa shape index (κ1) is 23.3. The van der Waals surface area contributed by atoms with Gasteiger partial charge in [-0.1, -0.05) is 24.8 Å². The van der Waals surface area contributed by atoms with Crippen molar-refractivity contribution in [1.29, 1.82) is 0 Å². The first-order chi connectivity index (χ1) is 16.6. The van der Waals surface area contributed by atoms with Gasteiger partial charge in [-0.2, -0.15) is 4.98 Å². The van der Waals surface area contributed by atoms with Crippen LogP contribution in [-0.4, -0.2) is 49.2 Å². The number of aromatic nitrogens is 2. The van der Waals surface area contributed by atoms with Crippen LogP contribution in [0.15, 0.2) is 61.3 Å². The van der Waals surface area contributed by atoms with Gasteiger partial charge < -0.3 is 25.0 Å². The quantitative estimate of drug-likeness (QED) is 0.455. The minimum Gasteiger partial charge on any atom is -0.494 e. The Balaban J connectivity index is 1.55. The van der Waals surface area contributed by atoms with E-state index in [1.807, 2.05) is 43.3 Å². The highest BCUT2D eigenvalue weighted by Crippen LogP contribution is 2.32. The minimum absolute atomic E-state index is 0.0383. The number of nitrogens with zero attached hydrogens (tertiary/aromatic N) is 3. The lowest BCUT2D eigenvalue weighted by atomic mass is 10.1. The first-order valence-electron chi connectivity index (χ1n) is 11.2. The molecule has 0 spiro atoms. The smallest absolute Gasteiger partial charge is 0.229 e. The van der Waals surface area contributed by atoms with E-state index in [2.05, 4.69) is 38.1 Å². The highest BCUT2D eigenvalue weighted by molar-refractivity contribution is 5.92. The maximum atomic E-state index is 11.9. The molecule has 0 unspecified atom stereocenters. The highest BCUT2D eigenvalue weighted by Gasteiger charge is 2.15. The summed E-state index contributed by atoms with van der Waals surface area (Å²) in [6, 6.07) is 13.7. The molecule has 176 valence electrons. The summed E-state index contributed by atoms with van der Waals surface area (Å²) in [5.41, 5.74) is 4.43. The number of benzene rings is 2. The molecule has 0 saturated carbocycles. The molecule has 1 aromatic heterocycles. The van der Waals surface area contributed by atoms with Gasteiger partial charge in [-0.25, -0.2) is 4.98 Å². The third-order valence-electron chi connectivity index (χ3n) is 5.64. The average Bonchev–Trinajstić information content (AvgIpc) is 2.87. The number of rotatable bonds is 9. The zero-order valence-corrected chi connectivity index (χ0v) is 19.5. The Bertz CT molecular complexity index is 1170. The molecule has 0 aliphatic carbocycles. The maximum absolute atomic E-state index is 11.9. The van der Waals surface area contributed by atoms with Crippen LogP contribution in [0.2, 0.25) is 0 Å². The number of hydrogen-bond acceptors (Lipinski definition) is 8. The Labute approximate surface area is 199 Å². The Morgan fingerprint density at radius 1 is 1.18 bits per heavy atom. The van der Waals surface area contributed by atoms with Crippen molar-refractivity contribution in [3.05, 3.63) is 72.4 Å². The molecule has 0 radical (unpaired) electrons. The normalized spacial score (nSPS) is 13.3. The van der Waals surface area contributed by atoms with Crippen LogP contribution in [0.25, 0.3) is 0 Å². The molecule has 2 heterocycles. The Morgan fingerprint density at radius 2 is 1.97 bits per heavy atom. The number of hydrogen-bond donors (Lipinski definition) is 2. The summed E-state index contributed by atoms with van der Waals surface area (Å²) in [5.74, 6) is 1.75. The zero-order valence-electron chi connectivity index (χ0n) is 19.5. The molecular weight excluding hydrogens is 430 g/mol. The third kappa shape index (κ3) is 5.52. The molecule has 0 bridgehead atoms. The van der Waals surface area contributed by atoms with Gasteiger partial charge in [-0.05, 0) is 36.8 Å². The summed E-state index contributed by atoms with van der Waals surface area (Å²) >= 11 is 0. The summed E-state index contributed by atoms with van der Waals surface area (Å²) in [6.07, 6.45) is 3.37. The van der Waals surface area contributed by atoms with Gasteiger partial charge in [0.05, 0.1) is 26.0 Å². The number of allylic oxidation sites excluding steroid dienone is 1. The van der Waals surface area contributed by atoms with E-state index in [1.54, 1.807) is 13.3 Å². The van der Waals surface area contributed by atoms with Gasteiger partial charge >= 0.3 is 0 Å². The molecule has 3 aromatic rings. The number of aryl methyl sites for hydroxylation is 1. The monoisotopic (exact) mass is 459 g/mol. The maximum Gasteiger partial charge on any atom is 0.229 e. The fourth-order valence-electron chi connectivity index (χ4n) is 3.73. The fraction of sp³-hybridized carbons (Fsp3) is 0.269. The van der Waals surface area contributed by atoms with E-state index in [0.29, 0.717) is 17.5 Å². The van der Waals surface area contributed by atoms with Gasteiger partial charge in [0.2, 0.25) is 5.95 Å². The van der Waals surface area contributed by atoms with Gasteiger partial charge in [0, 0.05) is 48.7 Å². The van der Waals surface area contributed by atoms with E-state index < -0.39 is 0 Å². The molecule has 0 atom stereocenters. The van der Waals surface area contributed by atoms with E-state index in [0.717, 1.165) is 54.5 Å². The van der Waals surface area contributed by atoms with Crippen LogP contribution in [0.5, 0.6) is 5.75 Å². The predicted molar refractivity (Wildman–Crippen MR) is 135 cm³/mol.